The minimum absolute atomic E-state index is 0.137. The molecule has 0 heterocycles. The monoisotopic (exact) mass is 263 g/mol. The fourth-order valence-electron chi connectivity index (χ4n) is 1.65. The van der Waals surface area contributed by atoms with Gasteiger partial charge >= 0.3 is 5.97 Å². The fourth-order valence-corrected chi connectivity index (χ4v) is 1.65. The molecule has 1 aromatic carbocycles. The van der Waals surface area contributed by atoms with E-state index in [0.29, 0.717) is 13.2 Å². The lowest BCUT2D eigenvalue weighted by molar-refractivity contribution is -0.146. The van der Waals surface area contributed by atoms with Gasteiger partial charge in [-0.3, -0.25) is 14.5 Å². The summed E-state index contributed by atoms with van der Waals surface area (Å²) in [6.45, 7) is 5.21. The van der Waals surface area contributed by atoms with E-state index < -0.39 is 5.97 Å². The van der Waals surface area contributed by atoms with E-state index in [0.717, 1.165) is 6.54 Å². The molecule has 0 aromatic heterocycles. The maximum atomic E-state index is 11.2. The number of likely N-dealkylation sites (N-methyl/N-ethyl adjacent to an activating group) is 1. The molecule has 0 radical (unpaired) electrons. The van der Waals surface area contributed by atoms with Crippen molar-refractivity contribution in [3.63, 3.8) is 0 Å². The first kappa shape index (κ1) is 15.4. The Kier molecular flexibility index (Phi) is 6.22. The number of benzene rings is 1. The number of nitrogens with zero attached hydrogens (tertiary/aromatic N) is 1. The Hall–Kier alpha value is -1.68. The molecule has 0 aliphatic carbocycles. The first-order chi connectivity index (χ1) is 8.97. The molecule has 0 unspecified atom stereocenters. The molecular weight excluding hydrogens is 242 g/mol. The van der Waals surface area contributed by atoms with Crippen LogP contribution in [0.2, 0.25) is 0 Å². The lowest BCUT2D eigenvalue weighted by Gasteiger charge is -2.16. The molecule has 1 aromatic rings. The van der Waals surface area contributed by atoms with Crippen molar-refractivity contribution >= 4 is 11.8 Å². The number of rotatable bonds is 7. The van der Waals surface area contributed by atoms with E-state index in [1.54, 1.807) is 0 Å². The smallest absolute Gasteiger partial charge is 0.313 e. The third kappa shape index (κ3) is 6.72. The highest BCUT2D eigenvalue weighted by molar-refractivity contribution is 5.94. The molecule has 0 fully saturated rings. The minimum Gasteiger partial charge on any atom is -0.464 e. The zero-order valence-electron chi connectivity index (χ0n) is 11.8. The molecule has 19 heavy (non-hydrogen) atoms. The van der Waals surface area contributed by atoms with Gasteiger partial charge in [0.25, 0.3) is 0 Å². The summed E-state index contributed by atoms with van der Waals surface area (Å²) >= 11 is 0. The van der Waals surface area contributed by atoms with Gasteiger partial charge in [-0.15, -0.1) is 0 Å². The number of carbonyl (C=O) groups is 2. The Morgan fingerprint density at radius 1 is 1.21 bits per heavy atom. The maximum Gasteiger partial charge on any atom is 0.313 e. The quantitative estimate of drug-likeness (QED) is 0.557. The van der Waals surface area contributed by atoms with Crippen LogP contribution >= 0.6 is 0 Å². The highest BCUT2D eigenvalue weighted by Crippen LogP contribution is 2.05. The molecule has 0 atom stereocenters. The molecule has 0 saturated heterocycles. The molecule has 4 nitrogen and oxygen atoms in total. The Balaban J connectivity index is 2.24. The topological polar surface area (TPSA) is 46.6 Å². The van der Waals surface area contributed by atoms with Crippen LogP contribution in [0, 0.1) is 6.92 Å². The normalized spacial score (nSPS) is 10.5. The van der Waals surface area contributed by atoms with Gasteiger partial charge in [-0.2, -0.15) is 0 Å². The minimum atomic E-state index is -0.448. The Labute approximate surface area is 114 Å². The summed E-state index contributed by atoms with van der Waals surface area (Å²) in [5.41, 5.74) is 2.47. The average Bonchev–Trinajstić information content (AvgIpc) is 2.31. The fraction of sp³-hybridized carbons (Fsp3) is 0.467. The van der Waals surface area contributed by atoms with Crippen LogP contribution in [-0.4, -0.2) is 36.9 Å². The maximum absolute atomic E-state index is 11.2. The number of aryl methyl sites for hydroxylation is 1. The molecule has 104 valence electrons. The summed E-state index contributed by atoms with van der Waals surface area (Å²) in [5, 5.41) is 0. The van der Waals surface area contributed by atoms with E-state index in [1.807, 2.05) is 7.05 Å². The van der Waals surface area contributed by atoms with Crippen molar-refractivity contribution in [2.45, 2.75) is 26.8 Å². The van der Waals surface area contributed by atoms with Crippen LogP contribution in [0.3, 0.4) is 0 Å². The van der Waals surface area contributed by atoms with Crippen LogP contribution in [0.1, 0.15) is 24.5 Å². The van der Waals surface area contributed by atoms with E-state index in [4.69, 9.17) is 4.74 Å². The Bertz CT molecular complexity index is 426. The SMILES string of the molecule is CC(=O)CC(=O)OCCN(C)Cc1ccc(C)cc1. The van der Waals surface area contributed by atoms with Crippen LogP contribution < -0.4 is 0 Å². The zero-order chi connectivity index (χ0) is 14.3. The molecule has 0 N–H and O–H groups in total. The van der Waals surface area contributed by atoms with E-state index >= 15 is 0 Å². The number of hydrogen-bond acceptors (Lipinski definition) is 4. The van der Waals surface area contributed by atoms with Gasteiger partial charge in [-0.05, 0) is 26.5 Å². The second kappa shape index (κ2) is 7.69. The molecule has 0 bridgehead atoms. The van der Waals surface area contributed by atoms with Crippen molar-refractivity contribution < 1.29 is 14.3 Å². The molecule has 0 amide bonds. The van der Waals surface area contributed by atoms with Gasteiger partial charge in [0.1, 0.15) is 18.8 Å². The van der Waals surface area contributed by atoms with E-state index in [9.17, 15) is 9.59 Å². The molecule has 0 spiro atoms. The van der Waals surface area contributed by atoms with Crippen LogP contribution in [0.4, 0.5) is 0 Å². The standard InChI is InChI=1S/C15H21NO3/c1-12-4-6-14(7-5-12)11-16(3)8-9-19-15(18)10-13(2)17/h4-7H,8-11H2,1-3H3. The van der Waals surface area contributed by atoms with Gasteiger partial charge in [0.15, 0.2) is 0 Å². The van der Waals surface area contributed by atoms with Gasteiger partial charge in [-0.25, -0.2) is 0 Å². The first-order valence-corrected chi connectivity index (χ1v) is 6.36. The van der Waals surface area contributed by atoms with Crippen LogP contribution in [0.5, 0.6) is 0 Å². The predicted molar refractivity (Wildman–Crippen MR) is 73.8 cm³/mol. The second-order valence-electron chi connectivity index (χ2n) is 4.82. The van der Waals surface area contributed by atoms with Crippen molar-refractivity contribution in [3.8, 4) is 0 Å². The summed E-state index contributed by atoms with van der Waals surface area (Å²) < 4.78 is 4.98. The number of Topliss-reactive ketones (excluding diaryl/α,β-unsaturated/α-hetero) is 1. The van der Waals surface area contributed by atoms with Gasteiger partial charge in [0.2, 0.25) is 0 Å². The average molecular weight is 263 g/mol. The lowest BCUT2D eigenvalue weighted by atomic mass is 10.1. The zero-order valence-corrected chi connectivity index (χ0v) is 11.8. The van der Waals surface area contributed by atoms with Crippen LogP contribution in [0.25, 0.3) is 0 Å². The predicted octanol–water partition coefficient (Wildman–Crippen LogP) is 1.95. The van der Waals surface area contributed by atoms with Gasteiger partial charge in [-0.1, -0.05) is 29.8 Å². The second-order valence-corrected chi connectivity index (χ2v) is 4.82. The molecule has 1 rings (SSSR count). The van der Waals surface area contributed by atoms with Gasteiger partial charge in [0, 0.05) is 13.1 Å². The van der Waals surface area contributed by atoms with E-state index in [-0.39, 0.29) is 12.2 Å². The first-order valence-electron chi connectivity index (χ1n) is 6.36. The number of esters is 1. The van der Waals surface area contributed by atoms with Gasteiger partial charge in [0.05, 0.1) is 0 Å². The molecular formula is C15H21NO3. The third-order valence-electron chi connectivity index (χ3n) is 2.70. The Morgan fingerprint density at radius 2 is 1.84 bits per heavy atom. The van der Waals surface area contributed by atoms with Crippen molar-refractivity contribution in [1.29, 1.82) is 0 Å². The highest BCUT2D eigenvalue weighted by Gasteiger charge is 2.07. The van der Waals surface area contributed by atoms with Crippen molar-refractivity contribution in [2.24, 2.45) is 0 Å². The van der Waals surface area contributed by atoms with Crippen LogP contribution in [-0.2, 0) is 20.9 Å². The van der Waals surface area contributed by atoms with Gasteiger partial charge < -0.3 is 4.74 Å². The van der Waals surface area contributed by atoms with Crippen molar-refractivity contribution in [1.82, 2.24) is 4.90 Å². The van der Waals surface area contributed by atoms with E-state index in [1.165, 1.54) is 18.1 Å². The summed E-state index contributed by atoms with van der Waals surface area (Å²) in [7, 11) is 1.97. The Morgan fingerprint density at radius 3 is 2.42 bits per heavy atom. The molecule has 0 aliphatic heterocycles. The summed E-state index contributed by atoms with van der Waals surface area (Å²) in [6.07, 6.45) is -0.137. The van der Waals surface area contributed by atoms with Crippen LogP contribution in [0.15, 0.2) is 24.3 Å². The lowest BCUT2D eigenvalue weighted by Crippen LogP contribution is -2.24. The largest absolute Gasteiger partial charge is 0.464 e. The molecule has 0 saturated carbocycles. The summed E-state index contributed by atoms with van der Waals surface area (Å²) in [4.78, 5) is 24.0. The molecule has 0 aliphatic rings. The summed E-state index contributed by atoms with van der Waals surface area (Å²) in [5.74, 6) is -0.616. The number of carbonyl (C=O) groups excluding carboxylic acids is 2. The molecule has 4 heteroatoms. The third-order valence-corrected chi connectivity index (χ3v) is 2.70. The number of ketones is 1. The number of ether oxygens (including phenoxy) is 1. The van der Waals surface area contributed by atoms with Crippen molar-refractivity contribution in [2.75, 3.05) is 20.2 Å². The summed E-state index contributed by atoms with van der Waals surface area (Å²) in [6, 6.07) is 8.34. The number of hydrogen-bond donors (Lipinski definition) is 0. The van der Waals surface area contributed by atoms with Crippen molar-refractivity contribution in [3.05, 3.63) is 35.4 Å². The van der Waals surface area contributed by atoms with E-state index in [2.05, 4.69) is 36.1 Å². The highest BCUT2D eigenvalue weighted by atomic mass is 16.5.